The second-order valence-electron chi connectivity index (χ2n) is 8.07. The SMILES string of the molecule is CC(=O)Nc1cc(CN2CCOCC2)cc(Nc2ncc3cc(-c4cn[nH]c4)ccc3n2)c1. The van der Waals surface area contributed by atoms with E-state index < -0.39 is 0 Å². The molecule has 4 aromatic rings. The summed E-state index contributed by atoms with van der Waals surface area (Å²) >= 11 is 0. The van der Waals surface area contributed by atoms with E-state index in [-0.39, 0.29) is 5.91 Å². The molecule has 2 aromatic heterocycles. The van der Waals surface area contributed by atoms with E-state index in [1.807, 2.05) is 36.5 Å². The molecule has 1 aliphatic heterocycles. The molecule has 0 aliphatic carbocycles. The number of hydrogen-bond acceptors (Lipinski definition) is 7. The Morgan fingerprint density at radius 2 is 1.94 bits per heavy atom. The monoisotopic (exact) mass is 443 g/mol. The Morgan fingerprint density at radius 1 is 1.09 bits per heavy atom. The van der Waals surface area contributed by atoms with E-state index in [4.69, 9.17) is 4.74 Å². The molecule has 0 atom stereocenters. The number of hydrogen-bond donors (Lipinski definition) is 3. The highest BCUT2D eigenvalue weighted by atomic mass is 16.5. The Hall–Kier alpha value is -3.82. The lowest BCUT2D eigenvalue weighted by atomic mass is 10.1. The van der Waals surface area contributed by atoms with Gasteiger partial charge in [-0.1, -0.05) is 6.07 Å². The molecule has 0 spiro atoms. The minimum Gasteiger partial charge on any atom is -0.379 e. The van der Waals surface area contributed by atoms with E-state index in [2.05, 4.69) is 41.8 Å². The molecular weight excluding hydrogens is 418 g/mol. The van der Waals surface area contributed by atoms with Crippen LogP contribution in [0.5, 0.6) is 0 Å². The maximum atomic E-state index is 11.7. The van der Waals surface area contributed by atoms with Crippen molar-refractivity contribution in [1.29, 1.82) is 0 Å². The number of aromatic amines is 1. The van der Waals surface area contributed by atoms with Crippen molar-refractivity contribution < 1.29 is 9.53 Å². The summed E-state index contributed by atoms with van der Waals surface area (Å²) in [7, 11) is 0. The largest absolute Gasteiger partial charge is 0.379 e. The molecule has 0 unspecified atom stereocenters. The highest BCUT2D eigenvalue weighted by molar-refractivity contribution is 5.89. The van der Waals surface area contributed by atoms with Crippen LogP contribution in [0.1, 0.15) is 12.5 Å². The third-order valence-corrected chi connectivity index (χ3v) is 5.49. The van der Waals surface area contributed by atoms with E-state index in [0.29, 0.717) is 5.95 Å². The maximum absolute atomic E-state index is 11.7. The number of ether oxygens (including phenoxy) is 1. The number of carbonyl (C=O) groups excluding carboxylic acids is 1. The van der Waals surface area contributed by atoms with Gasteiger partial charge < -0.3 is 15.4 Å². The van der Waals surface area contributed by atoms with Crippen LogP contribution in [0, 0.1) is 0 Å². The molecule has 5 rings (SSSR count). The van der Waals surface area contributed by atoms with Crippen LogP contribution in [-0.4, -0.2) is 57.3 Å². The van der Waals surface area contributed by atoms with Crippen LogP contribution in [0.15, 0.2) is 55.0 Å². The van der Waals surface area contributed by atoms with Crippen LogP contribution in [0.4, 0.5) is 17.3 Å². The van der Waals surface area contributed by atoms with Crippen LogP contribution in [0.3, 0.4) is 0 Å². The number of nitrogens with zero attached hydrogens (tertiary/aromatic N) is 4. The number of H-pyrrole nitrogens is 1. The summed E-state index contributed by atoms with van der Waals surface area (Å²) in [5, 5.41) is 14.0. The van der Waals surface area contributed by atoms with E-state index in [1.165, 1.54) is 6.92 Å². The van der Waals surface area contributed by atoms with Crippen molar-refractivity contribution in [3.05, 3.63) is 60.6 Å². The first-order valence-corrected chi connectivity index (χ1v) is 10.9. The van der Waals surface area contributed by atoms with Crippen molar-refractivity contribution in [2.24, 2.45) is 0 Å². The number of nitrogens with one attached hydrogen (secondary N) is 3. The molecule has 3 N–H and O–H groups in total. The number of fused-ring (bicyclic) bond motifs is 1. The normalized spacial score (nSPS) is 14.3. The number of morpholine rings is 1. The molecule has 0 bridgehead atoms. The number of amides is 1. The molecule has 9 heteroatoms. The van der Waals surface area contributed by atoms with Crippen molar-refractivity contribution >= 4 is 34.1 Å². The Kier molecular flexibility index (Phi) is 5.97. The highest BCUT2D eigenvalue weighted by Gasteiger charge is 2.13. The predicted octanol–water partition coefficient (Wildman–Crippen LogP) is 3.55. The van der Waals surface area contributed by atoms with Crippen LogP contribution >= 0.6 is 0 Å². The molecule has 0 saturated carbocycles. The lowest BCUT2D eigenvalue weighted by Gasteiger charge is -2.27. The topological polar surface area (TPSA) is 108 Å². The fourth-order valence-electron chi connectivity index (χ4n) is 3.96. The first kappa shape index (κ1) is 21.0. The number of rotatable bonds is 6. The molecular formula is C24H25N7O2. The van der Waals surface area contributed by atoms with Crippen LogP contribution in [0.2, 0.25) is 0 Å². The second kappa shape index (κ2) is 9.35. The maximum Gasteiger partial charge on any atom is 0.227 e. The number of benzene rings is 2. The van der Waals surface area contributed by atoms with Gasteiger partial charge in [0.05, 0.1) is 24.9 Å². The molecule has 0 radical (unpaired) electrons. The first-order valence-electron chi connectivity index (χ1n) is 10.9. The van der Waals surface area contributed by atoms with Gasteiger partial charge in [0, 0.05) is 61.3 Å². The molecule has 2 aromatic carbocycles. The minimum absolute atomic E-state index is 0.111. The van der Waals surface area contributed by atoms with Gasteiger partial charge in [-0.2, -0.15) is 5.10 Å². The fourth-order valence-corrected chi connectivity index (χ4v) is 3.96. The number of carbonyl (C=O) groups is 1. The van der Waals surface area contributed by atoms with Gasteiger partial charge in [0.1, 0.15) is 0 Å². The minimum atomic E-state index is -0.111. The van der Waals surface area contributed by atoms with E-state index in [9.17, 15) is 4.79 Å². The molecule has 3 heterocycles. The standard InChI is InChI=1S/C24H25N7O2/c1-16(32)28-21-8-17(15-31-4-6-33-7-5-31)9-22(11-21)29-24-25-12-19-10-18(2-3-23(19)30-24)20-13-26-27-14-20/h2-3,8-14H,4-7,15H2,1H3,(H,26,27)(H,28,32)(H,25,29,30). The average Bonchev–Trinajstić information content (AvgIpc) is 3.34. The van der Waals surface area contributed by atoms with Crippen LogP contribution in [0.25, 0.3) is 22.0 Å². The van der Waals surface area contributed by atoms with Gasteiger partial charge in [0.15, 0.2) is 0 Å². The predicted molar refractivity (Wildman–Crippen MR) is 127 cm³/mol. The summed E-state index contributed by atoms with van der Waals surface area (Å²) in [6.45, 7) is 5.55. The van der Waals surface area contributed by atoms with E-state index in [0.717, 1.165) is 71.8 Å². The number of anilines is 3. The average molecular weight is 444 g/mol. The summed E-state index contributed by atoms with van der Waals surface area (Å²) in [5.74, 6) is 0.385. The van der Waals surface area contributed by atoms with Crippen LogP contribution < -0.4 is 10.6 Å². The Balaban J connectivity index is 1.40. The zero-order valence-corrected chi connectivity index (χ0v) is 18.3. The van der Waals surface area contributed by atoms with Gasteiger partial charge in [0.25, 0.3) is 0 Å². The smallest absolute Gasteiger partial charge is 0.227 e. The van der Waals surface area contributed by atoms with Crippen molar-refractivity contribution in [2.75, 3.05) is 36.9 Å². The quantitative estimate of drug-likeness (QED) is 0.418. The molecule has 1 aliphatic rings. The zero-order valence-electron chi connectivity index (χ0n) is 18.3. The molecule has 9 nitrogen and oxygen atoms in total. The second-order valence-corrected chi connectivity index (χ2v) is 8.07. The third kappa shape index (κ3) is 5.16. The molecule has 1 fully saturated rings. The van der Waals surface area contributed by atoms with Gasteiger partial charge in [-0.15, -0.1) is 0 Å². The first-order chi connectivity index (χ1) is 16.1. The van der Waals surface area contributed by atoms with Crippen molar-refractivity contribution in [3.63, 3.8) is 0 Å². The van der Waals surface area contributed by atoms with Gasteiger partial charge in [-0.25, -0.2) is 9.97 Å². The van der Waals surface area contributed by atoms with E-state index >= 15 is 0 Å². The summed E-state index contributed by atoms with van der Waals surface area (Å²) in [6, 6.07) is 12.0. The zero-order chi connectivity index (χ0) is 22.6. The Morgan fingerprint density at radius 3 is 2.73 bits per heavy atom. The van der Waals surface area contributed by atoms with Crippen molar-refractivity contribution in [2.45, 2.75) is 13.5 Å². The highest BCUT2D eigenvalue weighted by Crippen LogP contribution is 2.26. The van der Waals surface area contributed by atoms with E-state index in [1.54, 1.807) is 12.4 Å². The fraction of sp³-hybridized carbons (Fsp3) is 0.250. The molecule has 168 valence electrons. The third-order valence-electron chi connectivity index (χ3n) is 5.49. The summed E-state index contributed by atoms with van der Waals surface area (Å²) < 4.78 is 5.45. The number of aromatic nitrogens is 4. The lowest BCUT2D eigenvalue weighted by Crippen LogP contribution is -2.35. The van der Waals surface area contributed by atoms with Gasteiger partial charge in [0.2, 0.25) is 11.9 Å². The molecule has 1 saturated heterocycles. The van der Waals surface area contributed by atoms with Gasteiger partial charge >= 0.3 is 0 Å². The lowest BCUT2D eigenvalue weighted by molar-refractivity contribution is -0.114. The van der Waals surface area contributed by atoms with Gasteiger partial charge in [-0.3, -0.25) is 14.8 Å². The molecule has 33 heavy (non-hydrogen) atoms. The Bertz CT molecular complexity index is 1270. The van der Waals surface area contributed by atoms with Gasteiger partial charge in [-0.05, 0) is 41.5 Å². The van der Waals surface area contributed by atoms with Crippen molar-refractivity contribution in [1.82, 2.24) is 25.1 Å². The molecule has 1 amide bonds. The van der Waals surface area contributed by atoms with Crippen LogP contribution in [-0.2, 0) is 16.1 Å². The summed E-state index contributed by atoms with van der Waals surface area (Å²) in [6.07, 6.45) is 5.45. The summed E-state index contributed by atoms with van der Waals surface area (Å²) in [5.41, 5.74) is 5.56. The summed E-state index contributed by atoms with van der Waals surface area (Å²) in [4.78, 5) is 23.2. The van der Waals surface area contributed by atoms with Crippen molar-refractivity contribution in [3.8, 4) is 11.1 Å². The Labute approximate surface area is 191 Å².